The van der Waals surface area contributed by atoms with Crippen molar-refractivity contribution in [2.45, 2.75) is 29.8 Å². The Bertz CT molecular complexity index is 759. The Labute approximate surface area is 122 Å². The highest BCUT2D eigenvalue weighted by atomic mass is 35.5. The van der Waals surface area contributed by atoms with E-state index >= 15 is 0 Å². The number of sulfonamides is 2. The molecule has 1 aromatic carbocycles. The van der Waals surface area contributed by atoms with E-state index in [1.807, 2.05) is 13.8 Å². The molecule has 4 N–H and O–H groups in total. The molecule has 0 aliphatic carbocycles. The first-order chi connectivity index (χ1) is 9.02. The van der Waals surface area contributed by atoms with Crippen LogP contribution < -0.4 is 15.2 Å². The molecule has 1 aromatic rings. The van der Waals surface area contributed by atoms with E-state index in [-0.39, 0.29) is 21.5 Å². The molecular weight excluding hydrogens is 326 g/mol. The van der Waals surface area contributed by atoms with Crippen molar-refractivity contribution in [1.29, 1.82) is 0 Å². The van der Waals surface area contributed by atoms with Gasteiger partial charge in [0.05, 0.1) is 16.9 Å². The molecule has 1 unspecified atom stereocenters. The van der Waals surface area contributed by atoms with Gasteiger partial charge in [0.25, 0.3) is 0 Å². The van der Waals surface area contributed by atoms with Crippen LogP contribution >= 0.6 is 11.6 Å². The zero-order chi connectivity index (χ0) is 15.3. The summed E-state index contributed by atoms with van der Waals surface area (Å²) in [5, 5.41) is 7.84. The van der Waals surface area contributed by atoms with Gasteiger partial charge in [0, 0.05) is 0 Å². The first kappa shape index (κ1) is 15.5. The van der Waals surface area contributed by atoms with Gasteiger partial charge in [-0.15, -0.1) is 0 Å². The number of nitrogens with two attached hydrogens (primary N) is 1. The van der Waals surface area contributed by atoms with Crippen LogP contribution in [0.3, 0.4) is 0 Å². The number of hydrogen-bond donors (Lipinski definition) is 3. The summed E-state index contributed by atoms with van der Waals surface area (Å²) in [4.78, 5) is -0.615. The monoisotopic (exact) mass is 339 g/mol. The van der Waals surface area contributed by atoms with Gasteiger partial charge in [-0.3, -0.25) is 0 Å². The van der Waals surface area contributed by atoms with Crippen molar-refractivity contribution in [3.8, 4) is 0 Å². The van der Waals surface area contributed by atoms with Crippen molar-refractivity contribution < 1.29 is 16.8 Å². The van der Waals surface area contributed by atoms with Gasteiger partial charge >= 0.3 is 0 Å². The molecule has 0 amide bonds. The molecule has 20 heavy (non-hydrogen) atoms. The number of primary sulfonamides is 1. The lowest BCUT2D eigenvalue weighted by Crippen LogP contribution is -2.47. The van der Waals surface area contributed by atoms with Crippen LogP contribution in [-0.2, 0) is 20.0 Å². The van der Waals surface area contributed by atoms with Crippen LogP contribution in [0.15, 0.2) is 21.9 Å². The summed E-state index contributed by atoms with van der Waals surface area (Å²) < 4.78 is 49.5. The average molecular weight is 340 g/mol. The summed E-state index contributed by atoms with van der Waals surface area (Å²) in [5.41, 5.74) is 0.250. The molecule has 1 heterocycles. The fourth-order valence-electron chi connectivity index (χ4n) is 1.82. The van der Waals surface area contributed by atoms with Gasteiger partial charge in [0.15, 0.2) is 0 Å². The molecule has 112 valence electrons. The second-order valence-electron chi connectivity index (χ2n) is 4.81. The zero-order valence-corrected chi connectivity index (χ0v) is 13.1. The summed E-state index contributed by atoms with van der Waals surface area (Å²) >= 11 is 5.85. The number of benzene rings is 1. The van der Waals surface area contributed by atoms with Crippen LogP contribution in [0, 0.1) is 5.92 Å². The molecule has 0 spiro atoms. The second kappa shape index (κ2) is 4.85. The summed E-state index contributed by atoms with van der Waals surface area (Å²) in [7, 11) is -7.93. The molecule has 7 nitrogen and oxygen atoms in total. The number of hydrogen-bond acceptors (Lipinski definition) is 5. The Balaban J connectivity index is 2.67. The lowest BCUT2D eigenvalue weighted by atomic mass is 10.1. The van der Waals surface area contributed by atoms with Crippen LogP contribution in [0.4, 0.5) is 5.69 Å². The molecule has 2 rings (SSSR count). The zero-order valence-electron chi connectivity index (χ0n) is 10.7. The van der Waals surface area contributed by atoms with E-state index in [0.29, 0.717) is 0 Å². The number of anilines is 1. The molecule has 0 saturated heterocycles. The van der Waals surface area contributed by atoms with E-state index in [2.05, 4.69) is 10.0 Å². The third-order valence-electron chi connectivity index (χ3n) is 2.89. The lowest BCUT2D eigenvalue weighted by molar-refractivity contribution is 0.477. The maximum absolute atomic E-state index is 12.1. The topological polar surface area (TPSA) is 118 Å². The third-order valence-corrected chi connectivity index (χ3v) is 5.75. The third kappa shape index (κ3) is 2.77. The highest BCUT2D eigenvalue weighted by Crippen LogP contribution is 2.34. The summed E-state index contributed by atoms with van der Waals surface area (Å²) in [5.74, 6) is -0.00498. The van der Waals surface area contributed by atoms with E-state index in [1.165, 1.54) is 6.07 Å². The molecule has 0 radical (unpaired) electrons. The van der Waals surface area contributed by atoms with Gasteiger partial charge in [-0.05, 0) is 18.1 Å². The van der Waals surface area contributed by atoms with Crippen LogP contribution in [0.5, 0.6) is 0 Å². The minimum atomic E-state index is -4.10. The fraction of sp³-hybridized carbons (Fsp3) is 0.400. The van der Waals surface area contributed by atoms with Gasteiger partial charge in [-0.1, -0.05) is 25.4 Å². The molecular formula is C10H14ClN3O4S2. The lowest BCUT2D eigenvalue weighted by Gasteiger charge is -2.30. The molecule has 1 atom stereocenters. The SMILES string of the molecule is CC(C)C1Nc2cc(Cl)c(S(N)(=O)=O)cc2S(=O)(=O)N1. The summed E-state index contributed by atoms with van der Waals surface area (Å²) in [6, 6.07) is 2.21. The molecule has 1 aliphatic rings. The van der Waals surface area contributed by atoms with Crippen LogP contribution in [0.1, 0.15) is 13.8 Å². The Morgan fingerprint density at radius 3 is 2.45 bits per heavy atom. The Morgan fingerprint density at radius 1 is 1.35 bits per heavy atom. The Morgan fingerprint density at radius 2 is 1.95 bits per heavy atom. The number of halogens is 1. The Kier molecular flexibility index (Phi) is 3.76. The van der Waals surface area contributed by atoms with Crippen molar-refractivity contribution in [2.24, 2.45) is 11.1 Å². The molecule has 0 bridgehead atoms. The van der Waals surface area contributed by atoms with Crippen LogP contribution in [0.2, 0.25) is 5.02 Å². The minimum absolute atomic E-state index is 0.00498. The number of rotatable bonds is 2. The van der Waals surface area contributed by atoms with E-state index in [0.717, 1.165) is 6.07 Å². The van der Waals surface area contributed by atoms with Crippen LogP contribution in [-0.4, -0.2) is 23.0 Å². The minimum Gasteiger partial charge on any atom is -0.368 e. The predicted molar refractivity (Wildman–Crippen MR) is 75.4 cm³/mol. The van der Waals surface area contributed by atoms with Crippen molar-refractivity contribution in [3.63, 3.8) is 0 Å². The number of fused-ring (bicyclic) bond motifs is 1. The smallest absolute Gasteiger partial charge is 0.244 e. The van der Waals surface area contributed by atoms with Crippen molar-refractivity contribution >= 4 is 37.3 Å². The van der Waals surface area contributed by atoms with E-state index in [4.69, 9.17) is 16.7 Å². The second-order valence-corrected chi connectivity index (χ2v) is 8.43. The summed E-state index contributed by atoms with van der Waals surface area (Å²) in [6.45, 7) is 3.68. The van der Waals surface area contributed by atoms with E-state index < -0.39 is 31.1 Å². The van der Waals surface area contributed by atoms with E-state index in [1.54, 1.807) is 0 Å². The molecule has 10 heteroatoms. The molecule has 0 saturated carbocycles. The summed E-state index contributed by atoms with van der Waals surface area (Å²) in [6.07, 6.45) is -0.496. The first-order valence-corrected chi connectivity index (χ1v) is 9.08. The van der Waals surface area contributed by atoms with E-state index in [9.17, 15) is 16.8 Å². The molecule has 0 fully saturated rings. The fourth-order valence-corrected chi connectivity index (χ4v) is 4.46. The van der Waals surface area contributed by atoms with Crippen molar-refractivity contribution in [3.05, 3.63) is 17.2 Å². The molecule has 1 aliphatic heterocycles. The van der Waals surface area contributed by atoms with Crippen molar-refractivity contribution in [1.82, 2.24) is 4.72 Å². The number of nitrogens with one attached hydrogen (secondary N) is 2. The highest BCUT2D eigenvalue weighted by Gasteiger charge is 2.32. The average Bonchev–Trinajstić information content (AvgIpc) is 2.24. The first-order valence-electron chi connectivity index (χ1n) is 5.67. The van der Waals surface area contributed by atoms with Gasteiger partial charge in [-0.25, -0.2) is 22.0 Å². The van der Waals surface area contributed by atoms with Gasteiger partial charge < -0.3 is 5.32 Å². The Hall–Kier alpha value is -0.870. The standard InChI is InChI=1S/C10H14ClN3O4S2/c1-5(2)10-13-7-3-6(11)8(19(12,15)16)4-9(7)20(17,18)14-10/h3-5,10,13-14H,1-2H3,(H2,12,15,16). The quantitative estimate of drug-likeness (QED) is 0.732. The maximum Gasteiger partial charge on any atom is 0.244 e. The van der Waals surface area contributed by atoms with Crippen molar-refractivity contribution in [2.75, 3.05) is 5.32 Å². The van der Waals surface area contributed by atoms with Gasteiger partial charge in [-0.2, -0.15) is 4.72 Å². The maximum atomic E-state index is 12.1. The highest BCUT2D eigenvalue weighted by molar-refractivity contribution is 7.90. The van der Waals surface area contributed by atoms with Gasteiger partial charge in [0.1, 0.15) is 9.79 Å². The molecule has 0 aromatic heterocycles. The normalized spacial score (nSPS) is 21.4. The van der Waals surface area contributed by atoms with Crippen LogP contribution in [0.25, 0.3) is 0 Å². The van der Waals surface area contributed by atoms with Gasteiger partial charge in [0.2, 0.25) is 20.0 Å². The predicted octanol–water partition coefficient (Wildman–Crippen LogP) is 0.673. The largest absolute Gasteiger partial charge is 0.368 e.